The number of hydrogen-bond donors (Lipinski definition) is 1. The summed E-state index contributed by atoms with van der Waals surface area (Å²) in [5.41, 5.74) is 0.368. The summed E-state index contributed by atoms with van der Waals surface area (Å²) in [5.74, 6) is 0.108. The molecule has 17 heavy (non-hydrogen) atoms. The Bertz CT molecular complexity index is 223. The molecule has 0 radical (unpaired) electrons. The van der Waals surface area contributed by atoms with Gasteiger partial charge in [0.1, 0.15) is 0 Å². The predicted molar refractivity (Wildman–Crippen MR) is 72.0 cm³/mol. The third-order valence-electron chi connectivity index (χ3n) is 2.26. The minimum absolute atomic E-state index is 0.0528. The molecule has 0 aromatic heterocycles. The molecular weight excluding hydrogens is 214 g/mol. The third kappa shape index (κ3) is 13.4. The molecule has 0 heterocycles. The van der Waals surface area contributed by atoms with E-state index in [1.165, 1.54) is 0 Å². The van der Waals surface area contributed by atoms with E-state index in [0.29, 0.717) is 25.0 Å². The van der Waals surface area contributed by atoms with Crippen molar-refractivity contribution in [3.05, 3.63) is 0 Å². The summed E-state index contributed by atoms with van der Waals surface area (Å²) in [7, 11) is 0. The Labute approximate surface area is 106 Å². The van der Waals surface area contributed by atoms with Gasteiger partial charge in [0.05, 0.1) is 6.61 Å². The molecule has 0 bridgehead atoms. The van der Waals surface area contributed by atoms with Gasteiger partial charge >= 0.3 is 0 Å². The third-order valence-corrected chi connectivity index (χ3v) is 2.26. The van der Waals surface area contributed by atoms with Crippen LogP contribution in [-0.4, -0.2) is 25.7 Å². The van der Waals surface area contributed by atoms with E-state index in [1.807, 2.05) is 0 Å². The molecule has 0 fully saturated rings. The average molecular weight is 243 g/mol. The highest BCUT2D eigenvalue weighted by Crippen LogP contribution is 2.18. The average Bonchev–Trinajstić information content (AvgIpc) is 2.06. The normalized spacial score (nSPS) is 12.6. The quantitative estimate of drug-likeness (QED) is 0.728. The fraction of sp³-hybridized carbons (Fsp3) is 0.929. The molecule has 0 aromatic rings. The maximum atomic E-state index is 11.5. The zero-order valence-electron chi connectivity index (χ0n) is 12.4. The van der Waals surface area contributed by atoms with Crippen LogP contribution in [0.15, 0.2) is 0 Å². The number of carbonyl (C=O) groups excluding carboxylic acids is 1. The zero-order chi connectivity index (χ0) is 13.5. The van der Waals surface area contributed by atoms with Crippen molar-refractivity contribution in [2.75, 3.05) is 19.8 Å². The van der Waals surface area contributed by atoms with Gasteiger partial charge in [0.25, 0.3) is 0 Å². The molecule has 3 heteroatoms. The maximum Gasteiger partial charge on any atom is 0.220 e. The fourth-order valence-electron chi connectivity index (χ4n) is 1.29. The number of carbonyl (C=O) groups is 1. The molecular formula is C14H29NO2. The van der Waals surface area contributed by atoms with E-state index in [4.69, 9.17) is 4.74 Å². The highest BCUT2D eigenvalue weighted by atomic mass is 16.5. The van der Waals surface area contributed by atoms with Crippen LogP contribution in [0.5, 0.6) is 0 Å². The first-order valence-electron chi connectivity index (χ1n) is 6.45. The molecule has 0 atom stereocenters. The van der Waals surface area contributed by atoms with Crippen LogP contribution in [0, 0.1) is 10.8 Å². The van der Waals surface area contributed by atoms with Gasteiger partial charge in [-0.3, -0.25) is 4.79 Å². The summed E-state index contributed by atoms with van der Waals surface area (Å²) in [6.07, 6.45) is 1.61. The lowest BCUT2D eigenvalue weighted by Gasteiger charge is -2.18. The molecule has 1 N–H and O–H groups in total. The zero-order valence-corrected chi connectivity index (χ0v) is 12.4. The van der Waals surface area contributed by atoms with E-state index in [2.05, 4.69) is 46.9 Å². The van der Waals surface area contributed by atoms with Gasteiger partial charge in [-0.15, -0.1) is 0 Å². The lowest BCUT2D eigenvalue weighted by Crippen LogP contribution is -2.30. The Balaban J connectivity index is 3.44. The van der Waals surface area contributed by atoms with E-state index in [9.17, 15) is 4.79 Å². The van der Waals surface area contributed by atoms with Gasteiger partial charge in [-0.05, 0) is 17.3 Å². The Kier molecular flexibility index (Phi) is 6.76. The standard InChI is InChI=1S/C14H29NO2/c1-13(2,3)7-9-17-10-8-15-12(16)11-14(4,5)6/h7-11H2,1-6H3,(H,15,16). The van der Waals surface area contributed by atoms with Gasteiger partial charge in [-0.25, -0.2) is 0 Å². The molecule has 0 spiro atoms. The van der Waals surface area contributed by atoms with Crippen LogP contribution in [0.2, 0.25) is 0 Å². The highest BCUT2D eigenvalue weighted by Gasteiger charge is 2.15. The molecule has 0 aromatic carbocycles. The number of ether oxygens (including phenoxy) is 1. The highest BCUT2D eigenvalue weighted by molar-refractivity contribution is 5.76. The second-order valence-corrected chi connectivity index (χ2v) is 7.01. The lowest BCUT2D eigenvalue weighted by atomic mass is 9.92. The van der Waals surface area contributed by atoms with Crippen molar-refractivity contribution < 1.29 is 9.53 Å². The van der Waals surface area contributed by atoms with Gasteiger partial charge in [0.2, 0.25) is 5.91 Å². The monoisotopic (exact) mass is 243 g/mol. The topological polar surface area (TPSA) is 38.3 Å². The molecule has 1 amide bonds. The molecule has 0 aliphatic carbocycles. The number of nitrogens with one attached hydrogen (secondary N) is 1. The molecule has 0 aliphatic heterocycles. The van der Waals surface area contributed by atoms with Gasteiger partial charge in [0.15, 0.2) is 0 Å². The number of rotatable bonds is 6. The van der Waals surface area contributed by atoms with Crippen molar-refractivity contribution in [3.63, 3.8) is 0 Å². The van der Waals surface area contributed by atoms with Crippen molar-refractivity contribution >= 4 is 5.91 Å². The Morgan fingerprint density at radius 2 is 1.59 bits per heavy atom. The van der Waals surface area contributed by atoms with Crippen molar-refractivity contribution in [2.45, 2.75) is 54.4 Å². The smallest absolute Gasteiger partial charge is 0.220 e. The molecule has 0 saturated carbocycles. The first-order valence-corrected chi connectivity index (χ1v) is 6.45. The summed E-state index contributed by atoms with van der Waals surface area (Å²) in [6, 6.07) is 0. The second-order valence-electron chi connectivity index (χ2n) is 7.01. The molecule has 0 unspecified atom stereocenters. The van der Waals surface area contributed by atoms with Crippen molar-refractivity contribution in [2.24, 2.45) is 10.8 Å². The predicted octanol–water partition coefficient (Wildman–Crippen LogP) is 2.99. The molecule has 0 saturated heterocycles. The molecule has 0 rings (SSSR count). The first-order chi connectivity index (χ1) is 7.60. The van der Waals surface area contributed by atoms with Crippen LogP contribution >= 0.6 is 0 Å². The summed E-state index contributed by atoms with van der Waals surface area (Å²) in [4.78, 5) is 11.5. The number of hydrogen-bond acceptors (Lipinski definition) is 2. The van der Waals surface area contributed by atoms with E-state index in [1.54, 1.807) is 0 Å². The van der Waals surface area contributed by atoms with Crippen LogP contribution in [0.4, 0.5) is 0 Å². The fourth-order valence-corrected chi connectivity index (χ4v) is 1.29. The van der Waals surface area contributed by atoms with Crippen LogP contribution in [0.3, 0.4) is 0 Å². The van der Waals surface area contributed by atoms with E-state index >= 15 is 0 Å². The summed E-state index contributed by atoms with van der Waals surface area (Å²) in [6.45, 7) is 14.7. The minimum atomic E-state index is 0.0528. The maximum absolute atomic E-state index is 11.5. The largest absolute Gasteiger partial charge is 0.380 e. The van der Waals surface area contributed by atoms with Crippen LogP contribution in [0.25, 0.3) is 0 Å². The van der Waals surface area contributed by atoms with Gasteiger partial charge in [0, 0.05) is 19.6 Å². The van der Waals surface area contributed by atoms with Gasteiger partial charge in [-0.1, -0.05) is 41.5 Å². The van der Waals surface area contributed by atoms with E-state index in [-0.39, 0.29) is 11.3 Å². The van der Waals surface area contributed by atoms with Gasteiger partial charge in [-0.2, -0.15) is 0 Å². The number of amides is 1. The van der Waals surface area contributed by atoms with Crippen LogP contribution in [-0.2, 0) is 9.53 Å². The SMILES string of the molecule is CC(C)(C)CCOCCNC(=O)CC(C)(C)C. The Hall–Kier alpha value is -0.570. The van der Waals surface area contributed by atoms with Crippen molar-refractivity contribution in [3.8, 4) is 0 Å². The summed E-state index contributed by atoms with van der Waals surface area (Å²) < 4.78 is 5.48. The lowest BCUT2D eigenvalue weighted by molar-refractivity contribution is -0.123. The Morgan fingerprint density at radius 1 is 1.00 bits per heavy atom. The van der Waals surface area contributed by atoms with Crippen molar-refractivity contribution in [1.82, 2.24) is 5.32 Å². The minimum Gasteiger partial charge on any atom is -0.380 e. The van der Waals surface area contributed by atoms with E-state index in [0.717, 1.165) is 13.0 Å². The molecule has 102 valence electrons. The second kappa shape index (κ2) is 7.00. The van der Waals surface area contributed by atoms with Crippen LogP contribution < -0.4 is 5.32 Å². The first kappa shape index (κ1) is 16.4. The molecule has 0 aliphatic rings. The summed E-state index contributed by atoms with van der Waals surface area (Å²) in [5, 5.41) is 2.87. The summed E-state index contributed by atoms with van der Waals surface area (Å²) >= 11 is 0. The Morgan fingerprint density at radius 3 is 2.06 bits per heavy atom. The van der Waals surface area contributed by atoms with Crippen LogP contribution in [0.1, 0.15) is 54.4 Å². The van der Waals surface area contributed by atoms with Crippen molar-refractivity contribution in [1.29, 1.82) is 0 Å². The van der Waals surface area contributed by atoms with E-state index < -0.39 is 0 Å². The van der Waals surface area contributed by atoms with Gasteiger partial charge < -0.3 is 10.1 Å². The molecule has 3 nitrogen and oxygen atoms in total.